The Kier molecular flexibility index (Phi) is 6.07. The fourth-order valence-corrected chi connectivity index (χ4v) is 4.35. The van der Waals surface area contributed by atoms with Crippen LogP contribution in [-0.2, 0) is 11.3 Å². The number of likely N-dealkylation sites (tertiary alicyclic amines) is 1. The van der Waals surface area contributed by atoms with Gasteiger partial charge in [0, 0.05) is 54.5 Å². The van der Waals surface area contributed by atoms with Gasteiger partial charge in [0.1, 0.15) is 23.1 Å². The molecule has 0 aliphatic carbocycles. The van der Waals surface area contributed by atoms with Crippen LogP contribution in [0.4, 0.5) is 4.39 Å². The van der Waals surface area contributed by atoms with Crippen molar-refractivity contribution in [1.29, 1.82) is 0 Å². The predicted octanol–water partition coefficient (Wildman–Crippen LogP) is 6.49. The summed E-state index contributed by atoms with van der Waals surface area (Å²) < 4.78 is 20.1. The number of hydrogen-bond acceptors (Lipinski definition) is 3. The molecular formula is C27H23ClFN3O2. The van der Waals surface area contributed by atoms with Crippen LogP contribution in [0.15, 0.2) is 72.9 Å². The second kappa shape index (κ2) is 9.31. The van der Waals surface area contributed by atoms with Gasteiger partial charge in [-0.05, 0) is 30.7 Å². The molecule has 4 aromatic rings. The lowest BCUT2D eigenvalue weighted by molar-refractivity contribution is -0.128. The minimum atomic E-state index is -0.557. The van der Waals surface area contributed by atoms with Crippen LogP contribution in [0.1, 0.15) is 29.2 Å². The highest BCUT2D eigenvalue weighted by Gasteiger charge is 2.31. The Morgan fingerprint density at radius 2 is 1.97 bits per heavy atom. The first-order chi connectivity index (χ1) is 16.5. The molecule has 0 bridgehead atoms. The average molecular weight is 476 g/mol. The van der Waals surface area contributed by atoms with Crippen LogP contribution in [0.25, 0.3) is 11.4 Å². The first-order valence-corrected chi connectivity index (χ1v) is 11.4. The topological polar surface area (TPSA) is 58.2 Å². The highest BCUT2D eigenvalue weighted by molar-refractivity contribution is 6.30. The third-order valence-electron chi connectivity index (χ3n) is 6.01. The number of carbonyl (C=O) groups is 1. The van der Waals surface area contributed by atoms with Gasteiger partial charge in [-0.15, -0.1) is 0 Å². The van der Waals surface area contributed by atoms with Gasteiger partial charge >= 0.3 is 0 Å². The third kappa shape index (κ3) is 4.68. The monoisotopic (exact) mass is 475 g/mol. The molecule has 5 rings (SSSR count). The van der Waals surface area contributed by atoms with E-state index in [0.29, 0.717) is 36.8 Å². The summed E-state index contributed by atoms with van der Waals surface area (Å²) in [7, 11) is 0. The van der Waals surface area contributed by atoms with Gasteiger partial charge in [0.15, 0.2) is 0 Å². The summed E-state index contributed by atoms with van der Waals surface area (Å²) in [5.74, 6) is 1.27. The van der Waals surface area contributed by atoms with Crippen LogP contribution in [0.5, 0.6) is 11.5 Å². The van der Waals surface area contributed by atoms with E-state index in [1.807, 2.05) is 48.2 Å². The van der Waals surface area contributed by atoms with Crippen molar-refractivity contribution in [3.63, 3.8) is 0 Å². The maximum absolute atomic E-state index is 14.0. The molecule has 1 saturated heterocycles. The number of halogens is 2. The normalized spacial score (nSPS) is 15.7. The second-order valence-electron chi connectivity index (χ2n) is 8.50. The number of benzene rings is 3. The van der Waals surface area contributed by atoms with E-state index in [1.165, 1.54) is 12.1 Å². The molecule has 1 atom stereocenters. The van der Waals surface area contributed by atoms with Gasteiger partial charge in [-0.2, -0.15) is 0 Å². The lowest BCUT2D eigenvalue weighted by Crippen LogP contribution is -2.24. The Balaban J connectivity index is 1.44. The van der Waals surface area contributed by atoms with Gasteiger partial charge < -0.3 is 14.6 Å². The van der Waals surface area contributed by atoms with Crippen molar-refractivity contribution in [3.8, 4) is 22.9 Å². The zero-order chi connectivity index (χ0) is 23.7. The maximum Gasteiger partial charge on any atom is 0.223 e. The molecule has 1 aromatic heterocycles. The van der Waals surface area contributed by atoms with Gasteiger partial charge in [0.2, 0.25) is 5.91 Å². The zero-order valence-corrected chi connectivity index (χ0v) is 19.3. The van der Waals surface area contributed by atoms with Crippen LogP contribution in [0.3, 0.4) is 0 Å². The van der Waals surface area contributed by atoms with Gasteiger partial charge in [-0.1, -0.05) is 54.1 Å². The summed E-state index contributed by atoms with van der Waals surface area (Å²) in [4.78, 5) is 22.3. The smallest absolute Gasteiger partial charge is 0.223 e. The molecule has 2 heterocycles. The van der Waals surface area contributed by atoms with Gasteiger partial charge in [-0.25, -0.2) is 9.37 Å². The van der Waals surface area contributed by atoms with E-state index in [0.717, 1.165) is 22.4 Å². The van der Waals surface area contributed by atoms with Crippen LogP contribution >= 0.6 is 11.6 Å². The lowest BCUT2D eigenvalue weighted by atomic mass is 9.98. The van der Waals surface area contributed by atoms with Crippen molar-refractivity contribution < 1.29 is 13.9 Å². The fourth-order valence-electron chi connectivity index (χ4n) is 4.23. The molecule has 0 saturated carbocycles. The van der Waals surface area contributed by atoms with E-state index in [1.54, 1.807) is 12.3 Å². The van der Waals surface area contributed by atoms with E-state index in [4.69, 9.17) is 16.3 Å². The molecule has 7 heteroatoms. The molecule has 3 aromatic carbocycles. The Bertz CT molecular complexity index is 1340. The Labute approximate surface area is 202 Å². The predicted molar refractivity (Wildman–Crippen MR) is 129 cm³/mol. The average Bonchev–Trinajstić information content (AvgIpc) is 3.43. The minimum absolute atomic E-state index is 0.0296. The molecule has 1 amide bonds. The highest BCUT2D eigenvalue weighted by atomic mass is 35.5. The van der Waals surface area contributed by atoms with E-state index < -0.39 is 5.82 Å². The number of ether oxygens (including phenoxy) is 1. The largest absolute Gasteiger partial charge is 0.457 e. The molecule has 5 nitrogen and oxygen atoms in total. The minimum Gasteiger partial charge on any atom is -0.457 e. The summed E-state index contributed by atoms with van der Waals surface area (Å²) in [5, 5.41) is 0.0296. The van der Waals surface area contributed by atoms with Crippen LogP contribution in [0, 0.1) is 12.7 Å². The zero-order valence-electron chi connectivity index (χ0n) is 18.6. The summed E-state index contributed by atoms with van der Waals surface area (Å²) >= 11 is 5.83. The summed E-state index contributed by atoms with van der Waals surface area (Å²) in [5.41, 5.74) is 3.76. The van der Waals surface area contributed by atoms with Crippen LogP contribution in [-0.4, -0.2) is 27.3 Å². The summed E-state index contributed by atoms with van der Waals surface area (Å²) in [6, 6.07) is 20.1. The van der Waals surface area contributed by atoms with Crippen molar-refractivity contribution >= 4 is 17.5 Å². The van der Waals surface area contributed by atoms with E-state index in [9.17, 15) is 9.18 Å². The van der Waals surface area contributed by atoms with Crippen molar-refractivity contribution in [3.05, 3.63) is 101 Å². The molecular weight excluding hydrogens is 453 g/mol. The van der Waals surface area contributed by atoms with E-state index in [2.05, 4.69) is 22.1 Å². The van der Waals surface area contributed by atoms with Gasteiger partial charge in [0.05, 0.1) is 5.02 Å². The number of nitrogens with one attached hydrogen (secondary N) is 1. The summed E-state index contributed by atoms with van der Waals surface area (Å²) in [6.45, 7) is 2.96. The number of imidazole rings is 1. The second-order valence-corrected chi connectivity index (χ2v) is 8.91. The number of amides is 1. The Hall–Kier alpha value is -3.64. The SMILES string of the molecule is Cc1cnc(-c2ccc(CN3C[C@H](c4ccccc4)CC3=O)c(Oc3ccc(Cl)c(F)c3)c2)[nH]1. The van der Waals surface area contributed by atoms with E-state index in [-0.39, 0.29) is 16.8 Å². The number of aromatic nitrogens is 2. The van der Waals surface area contributed by atoms with Gasteiger partial charge in [-0.3, -0.25) is 4.79 Å². The molecule has 0 unspecified atom stereocenters. The number of carbonyl (C=O) groups excluding carboxylic acids is 1. The lowest BCUT2D eigenvalue weighted by Gasteiger charge is -2.20. The molecule has 172 valence electrons. The number of nitrogens with zero attached hydrogens (tertiary/aromatic N) is 2. The Morgan fingerprint density at radius 3 is 2.71 bits per heavy atom. The number of rotatable bonds is 6. The molecule has 1 fully saturated rings. The molecule has 0 radical (unpaired) electrons. The molecule has 1 aliphatic heterocycles. The molecule has 34 heavy (non-hydrogen) atoms. The third-order valence-corrected chi connectivity index (χ3v) is 6.32. The molecule has 1 aliphatic rings. The number of aryl methyl sites for hydroxylation is 1. The summed E-state index contributed by atoms with van der Waals surface area (Å²) in [6.07, 6.45) is 2.23. The van der Waals surface area contributed by atoms with Crippen molar-refractivity contribution in [2.75, 3.05) is 6.54 Å². The number of hydrogen-bond donors (Lipinski definition) is 1. The molecule has 1 N–H and O–H groups in total. The Morgan fingerprint density at radius 1 is 1.15 bits per heavy atom. The fraction of sp³-hybridized carbons (Fsp3) is 0.185. The molecule has 0 spiro atoms. The standard InChI is InChI=1S/C27H23ClFN3O2/c1-17-14-30-27(31-17)19-7-8-20(25(11-19)34-22-9-10-23(28)24(29)13-22)15-32-16-21(12-26(32)33)18-5-3-2-4-6-18/h2-11,13-14,21H,12,15-16H2,1H3,(H,30,31)/t21-/m1/s1. The van der Waals surface area contributed by atoms with Crippen molar-refractivity contribution in [1.82, 2.24) is 14.9 Å². The first kappa shape index (κ1) is 22.2. The number of H-pyrrole nitrogens is 1. The van der Waals surface area contributed by atoms with Crippen LogP contribution < -0.4 is 4.74 Å². The maximum atomic E-state index is 14.0. The highest BCUT2D eigenvalue weighted by Crippen LogP contribution is 2.35. The first-order valence-electron chi connectivity index (χ1n) is 11.1. The van der Waals surface area contributed by atoms with Crippen molar-refractivity contribution in [2.45, 2.75) is 25.8 Å². The van der Waals surface area contributed by atoms with Crippen LogP contribution in [0.2, 0.25) is 5.02 Å². The number of aromatic amines is 1. The van der Waals surface area contributed by atoms with Crippen molar-refractivity contribution in [2.24, 2.45) is 0 Å². The van der Waals surface area contributed by atoms with E-state index >= 15 is 0 Å². The van der Waals surface area contributed by atoms with Gasteiger partial charge in [0.25, 0.3) is 0 Å². The quantitative estimate of drug-likeness (QED) is 0.347.